The second kappa shape index (κ2) is 9.74. The molecule has 0 saturated heterocycles. The van der Waals surface area contributed by atoms with E-state index in [4.69, 9.17) is 0 Å². The molecule has 2 N–H and O–H groups in total. The number of hydrogen-bond donors (Lipinski definition) is 2. The van der Waals surface area contributed by atoms with Crippen molar-refractivity contribution in [1.29, 1.82) is 0 Å². The first kappa shape index (κ1) is 18.9. The SMILES string of the molecule is C[NH+](CC(=O)NCCc1ccc(OC(F)F)cc1)Cc1ccccc1. The Morgan fingerprint density at radius 1 is 1.08 bits per heavy atom. The van der Waals surface area contributed by atoms with Crippen LogP contribution in [-0.2, 0) is 17.8 Å². The van der Waals surface area contributed by atoms with Gasteiger partial charge in [0.2, 0.25) is 0 Å². The lowest BCUT2D eigenvalue weighted by molar-refractivity contribution is -0.885. The fourth-order valence-corrected chi connectivity index (χ4v) is 2.53. The largest absolute Gasteiger partial charge is 0.435 e. The molecule has 1 amide bonds. The zero-order chi connectivity index (χ0) is 18.1. The molecule has 0 saturated carbocycles. The molecule has 0 bridgehead atoms. The van der Waals surface area contributed by atoms with Gasteiger partial charge in [0.05, 0.1) is 7.05 Å². The Hall–Kier alpha value is -2.47. The van der Waals surface area contributed by atoms with Gasteiger partial charge in [-0.15, -0.1) is 0 Å². The van der Waals surface area contributed by atoms with Crippen LogP contribution in [0, 0.1) is 0 Å². The van der Waals surface area contributed by atoms with E-state index in [1.165, 1.54) is 17.7 Å². The lowest BCUT2D eigenvalue weighted by atomic mass is 10.1. The molecule has 0 aromatic heterocycles. The molecule has 0 aliphatic rings. The first-order valence-electron chi connectivity index (χ1n) is 8.18. The van der Waals surface area contributed by atoms with Gasteiger partial charge in [0.15, 0.2) is 6.54 Å². The summed E-state index contributed by atoms with van der Waals surface area (Å²) in [6, 6.07) is 16.5. The normalized spacial score (nSPS) is 12.0. The van der Waals surface area contributed by atoms with E-state index in [-0.39, 0.29) is 11.7 Å². The Morgan fingerprint density at radius 2 is 1.76 bits per heavy atom. The number of carbonyl (C=O) groups is 1. The predicted octanol–water partition coefficient (Wildman–Crippen LogP) is 1.66. The third kappa shape index (κ3) is 7.30. The third-order valence-electron chi connectivity index (χ3n) is 3.70. The summed E-state index contributed by atoms with van der Waals surface area (Å²) in [6.45, 7) is -1.12. The fourth-order valence-electron chi connectivity index (χ4n) is 2.53. The Labute approximate surface area is 146 Å². The summed E-state index contributed by atoms with van der Waals surface area (Å²) in [5, 5.41) is 2.88. The highest BCUT2D eigenvalue weighted by molar-refractivity contribution is 5.76. The number of amides is 1. The van der Waals surface area contributed by atoms with Crippen LogP contribution in [0.25, 0.3) is 0 Å². The van der Waals surface area contributed by atoms with E-state index in [0.717, 1.165) is 17.0 Å². The van der Waals surface area contributed by atoms with Gasteiger partial charge in [-0.3, -0.25) is 4.79 Å². The number of hydrogen-bond acceptors (Lipinski definition) is 2. The molecular weight excluding hydrogens is 326 g/mol. The lowest BCUT2D eigenvalue weighted by Gasteiger charge is -2.14. The Morgan fingerprint density at radius 3 is 2.40 bits per heavy atom. The maximum Gasteiger partial charge on any atom is 0.387 e. The zero-order valence-corrected chi connectivity index (χ0v) is 14.2. The van der Waals surface area contributed by atoms with Crippen molar-refractivity contribution in [3.63, 3.8) is 0 Å². The van der Waals surface area contributed by atoms with Gasteiger partial charge in [-0.2, -0.15) is 8.78 Å². The maximum atomic E-state index is 12.1. The van der Waals surface area contributed by atoms with E-state index in [2.05, 4.69) is 10.1 Å². The summed E-state index contributed by atoms with van der Waals surface area (Å²) < 4.78 is 28.5. The number of benzene rings is 2. The zero-order valence-electron chi connectivity index (χ0n) is 14.2. The number of rotatable bonds is 9. The van der Waals surface area contributed by atoms with Gasteiger partial charge >= 0.3 is 6.61 Å². The molecule has 2 aromatic carbocycles. The Kier molecular flexibility index (Phi) is 7.35. The van der Waals surface area contributed by atoms with Gasteiger partial charge in [-0.1, -0.05) is 42.5 Å². The average Bonchev–Trinajstić information content (AvgIpc) is 2.56. The van der Waals surface area contributed by atoms with E-state index in [1.807, 2.05) is 37.4 Å². The van der Waals surface area contributed by atoms with Gasteiger partial charge < -0.3 is 15.0 Å². The molecule has 0 fully saturated rings. The van der Waals surface area contributed by atoms with E-state index in [9.17, 15) is 13.6 Å². The number of carbonyl (C=O) groups excluding carboxylic acids is 1. The van der Waals surface area contributed by atoms with Gasteiger partial charge in [-0.25, -0.2) is 0 Å². The second-order valence-corrected chi connectivity index (χ2v) is 5.92. The van der Waals surface area contributed by atoms with Crippen LogP contribution in [0.15, 0.2) is 54.6 Å². The summed E-state index contributed by atoms with van der Waals surface area (Å²) in [5.74, 6) is 0.125. The topological polar surface area (TPSA) is 42.8 Å². The van der Waals surface area contributed by atoms with Crippen LogP contribution in [0.2, 0.25) is 0 Å². The van der Waals surface area contributed by atoms with Crippen molar-refractivity contribution >= 4 is 5.91 Å². The summed E-state index contributed by atoms with van der Waals surface area (Å²) in [7, 11) is 1.98. The van der Waals surface area contributed by atoms with Crippen molar-refractivity contribution in [2.45, 2.75) is 19.6 Å². The molecule has 134 valence electrons. The van der Waals surface area contributed by atoms with Crippen LogP contribution in [0.1, 0.15) is 11.1 Å². The van der Waals surface area contributed by atoms with Gasteiger partial charge in [-0.05, 0) is 24.1 Å². The maximum absolute atomic E-state index is 12.1. The van der Waals surface area contributed by atoms with Crippen LogP contribution in [0.3, 0.4) is 0 Å². The highest BCUT2D eigenvalue weighted by Crippen LogP contribution is 2.14. The van der Waals surface area contributed by atoms with Gasteiger partial charge in [0.25, 0.3) is 5.91 Å². The van der Waals surface area contributed by atoms with Gasteiger partial charge in [0.1, 0.15) is 12.3 Å². The Balaban J connectivity index is 1.67. The van der Waals surface area contributed by atoms with Crippen LogP contribution >= 0.6 is 0 Å². The van der Waals surface area contributed by atoms with E-state index in [1.54, 1.807) is 12.1 Å². The molecular formula is C19H23F2N2O2+. The predicted molar refractivity (Wildman–Crippen MR) is 91.7 cm³/mol. The molecule has 0 heterocycles. The van der Waals surface area contributed by atoms with Crippen molar-refractivity contribution in [3.05, 3.63) is 65.7 Å². The first-order valence-corrected chi connectivity index (χ1v) is 8.18. The number of nitrogens with one attached hydrogen (secondary N) is 2. The van der Waals surface area contributed by atoms with E-state index >= 15 is 0 Å². The molecule has 2 rings (SSSR count). The third-order valence-corrected chi connectivity index (χ3v) is 3.70. The lowest BCUT2D eigenvalue weighted by Crippen LogP contribution is -3.08. The Bertz CT molecular complexity index is 648. The number of alkyl halides is 2. The number of likely N-dealkylation sites (N-methyl/N-ethyl adjacent to an activating group) is 1. The van der Waals surface area contributed by atoms with Crippen LogP contribution in [0.4, 0.5) is 8.78 Å². The molecule has 0 radical (unpaired) electrons. The molecule has 2 aromatic rings. The quantitative estimate of drug-likeness (QED) is 0.723. The highest BCUT2D eigenvalue weighted by atomic mass is 19.3. The fraction of sp³-hybridized carbons (Fsp3) is 0.316. The summed E-state index contributed by atoms with van der Waals surface area (Å²) in [5.41, 5.74) is 2.14. The van der Waals surface area contributed by atoms with E-state index in [0.29, 0.717) is 19.5 Å². The summed E-state index contributed by atoms with van der Waals surface area (Å²) >= 11 is 0. The molecule has 0 aliphatic carbocycles. The number of halogens is 2. The van der Waals surface area contributed by atoms with Gasteiger partial charge in [0, 0.05) is 12.1 Å². The minimum Gasteiger partial charge on any atom is -0.435 e. The molecule has 1 atom stereocenters. The van der Waals surface area contributed by atoms with Crippen LogP contribution in [0.5, 0.6) is 5.75 Å². The summed E-state index contributed by atoms with van der Waals surface area (Å²) in [6.07, 6.45) is 0.637. The molecule has 0 spiro atoms. The second-order valence-electron chi connectivity index (χ2n) is 5.92. The molecule has 6 heteroatoms. The highest BCUT2D eigenvalue weighted by Gasteiger charge is 2.10. The molecule has 25 heavy (non-hydrogen) atoms. The summed E-state index contributed by atoms with van der Waals surface area (Å²) in [4.78, 5) is 13.1. The minimum atomic E-state index is -2.82. The number of quaternary nitrogens is 1. The van der Waals surface area contributed by atoms with Crippen molar-refractivity contribution < 1.29 is 23.2 Å². The van der Waals surface area contributed by atoms with Crippen molar-refractivity contribution in [1.82, 2.24) is 5.32 Å². The monoisotopic (exact) mass is 349 g/mol. The minimum absolute atomic E-state index is 0.00825. The number of ether oxygens (including phenoxy) is 1. The standard InChI is InChI=1S/C19H22F2N2O2/c1-23(13-16-5-3-2-4-6-16)14-18(24)22-12-11-15-7-9-17(10-8-15)25-19(20)21/h2-10,19H,11-14H2,1H3,(H,22,24)/p+1. The van der Waals surface area contributed by atoms with Crippen molar-refractivity contribution in [2.24, 2.45) is 0 Å². The average molecular weight is 349 g/mol. The molecule has 4 nitrogen and oxygen atoms in total. The van der Waals surface area contributed by atoms with Crippen LogP contribution in [-0.4, -0.2) is 32.7 Å². The molecule has 0 aliphatic heterocycles. The van der Waals surface area contributed by atoms with Crippen molar-refractivity contribution in [2.75, 3.05) is 20.1 Å². The first-order chi connectivity index (χ1) is 12.0. The van der Waals surface area contributed by atoms with E-state index < -0.39 is 6.61 Å². The molecule has 1 unspecified atom stereocenters. The van der Waals surface area contributed by atoms with Crippen LogP contribution < -0.4 is 15.0 Å². The van der Waals surface area contributed by atoms with Crippen molar-refractivity contribution in [3.8, 4) is 5.75 Å². The smallest absolute Gasteiger partial charge is 0.387 e.